The first-order chi connectivity index (χ1) is 7.97. The summed E-state index contributed by atoms with van der Waals surface area (Å²) in [6.07, 6.45) is 22.4. The second-order valence-corrected chi connectivity index (χ2v) is 5.66. The standard InChI is InChI=1S/C16H27/c1-3-7-11-15(12-8-4-1)16-13-9-5-2-6-10-14-16/h15H,1-13H2. The van der Waals surface area contributed by atoms with E-state index in [2.05, 4.69) is 6.08 Å². The van der Waals surface area contributed by atoms with E-state index in [-0.39, 0.29) is 0 Å². The quantitative estimate of drug-likeness (QED) is 0.551. The third-order valence-electron chi connectivity index (χ3n) is 4.32. The minimum Gasteiger partial charge on any atom is -0.0636 e. The molecule has 0 atom stereocenters. The summed E-state index contributed by atoms with van der Waals surface area (Å²) in [7, 11) is 0. The molecule has 0 saturated heterocycles. The second-order valence-electron chi connectivity index (χ2n) is 5.66. The molecule has 16 heavy (non-hydrogen) atoms. The maximum Gasteiger partial charge on any atom is -0.0197 e. The van der Waals surface area contributed by atoms with Gasteiger partial charge < -0.3 is 0 Å². The van der Waals surface area contributed by atoms with E-state index in [0.717, 1.165) is 5.92 Å². The molecule has 0 aromatic heterocycles. The first-order valence-corrected chi connectivity index (χ1v) is 7.56. The summed E-state index contributed by atoms with van der Waals surface area (Å²) >= 11 is 0. The highest BCUT2D eigenvalue weighted by Crippen LogP contribution is 2.32. The second kappa shape index (κ2) is 7.14. The average molecular weight is 219 g/mol. The molecule has 1 fully saturated rings. The Morgan fingerprint density at radius 3 is 2.12 bits per heavy atom. The summed E-state index contributed by atoms with van der Waals surface area (Å²) in [5.41, 5.74) is 1.72. The fourth-order valence-corrected chi connectivity index (χ4v) is 3.28. The molecule has 1 saturated carbocycles. The van der Waals surface area contributed by atoms with E-state index in [1.54, 1.807) is 5.57 Å². The van der Waals surface area contributed by atoms with Gasteiger partial charge in [-0.25, -0.2) is 0 Å². The smallest absolute Gasteiger partial charge is 0.0197 e. The van der Waals surface area contributed by atoms with Crippen LogP contribution in [0.25, 0.3) is 0 Å². The predicted octanol–water partition coefficient (Wildman–Crippen LogP) is 5.43. The van der Waals surface area contributed by atoms with Gasteiger partial charge in [0.25, 0.3) is 0 Å². The Hall–Kier alpha value is -0.260. The fraction of sp³-hybridized carbons (Fsp3) is 0.875. The highest BCUT2D eigenvalue weighted by atomic mass is 14.2. The largest absolute Gasteiger partial charge is 0.0636 e. The van der Waals surface area contributed by atoms with Crippen molar-refractivity contribution in [1.82, 2.24) is 0 Å². The SMILES string of the molecule is [C]1=C(/C2CCCCCCC2)CCCCCC/1. The maximum absolute atomic E-state index is 3.76. The fourth-order valence-electron chi connectivity index (χ4n) is 3.28. The highest BCUT2D eigenvalue weighted by molar-refractivity contribution is 5.03. The van der Waals surface area contributed by atoms with Crippen molar-refractivity contribution in [1.29, 1.82) is 0 Å². The van der Waals surface area contributed by atoms with Crippen LogP contribution in [0.15, 0.2) is 5.57 Å². The van der Waals surface area contributed by atoms with E-state index in [1.165, 1.54) is 83.5 Å². The molecule has 0 spiro atoms. The van der Waals surface area contributed by atoms with Gasteiger partial charge in [0, 0.05) is 0 Å². The van der Waals surface area contributed by atoms with Crippen LogP contribution in [0, 0.1) is 12.0 Å². The minimum absolute atomic E-state index is 0.915. The molecule has 0 nitrogen and oxygen atoms in total. The molecule has 2 rings (SSSR count). The monoisotopic (exact) mass is 219 g/mol. The topological polar surface area (TPSA) is 0 Å². The molecule has 91 valence electrons. The Morgan fingerprint density at radius 2 is 1.31 bits per heavy atom. The molecule has 0 bridgehead atoms. The predicted molar refractivity (Wildman–Crippen MR) is 70.3 cm³/mol. The van der Waals surface area contributed by atoms with Crippen LogP contribution in [-0.2, 0) is 0 Å². The molecule has 2 aliphatic carbocycles. The van der Waals surface area contributed by atoms with Crippen LogP contribution < -0.4 is 0 Å². The van der Waals surface area contributed by atoms with E-state index in [4.69, 9.17) is 0 Å². The average Bonchev–Trinajstić information content (AvgIpc) is 2.18. The van der Waals surface area contributed by atoms with Gasteiger partial charge in [-0.2, -0.15) is 0 Å². The van der Waals surface area contributed by atoms with Crippen LogP contribution in [0.2, 0.25) is 0 Å². The molecular weight excluding hydrogens is 192 g/mol. The molecule has 0 aromatic carbocycles. The molecule has 0 heterocycles. The molecule has 0 N–H and O–H groups in total. The Labute approximate surface area is 102 Å². The van der Waals surface area contributed by atoms with Gasteiger partial charge in [-0.05, 0) is 50.5 Å². The van der Waals surface area contributed by atoms with Crippen molar-refractivity contribution in [3.8, 4) is 0 Å². The van der Waals surface area contributed by atoms with Crippen molar-refractivity contribution in [2.45, 2.75) is 83.5 Å². The molecule has 0 aliphatic heterocycles. The summed E-state index contributed by atoms with van der Waals surface area (Å²) in [4.78, 5) is 0. The number of hydrogen-bond donors (Lipinski definition) is 0. The van der Waals surface area contributed by atoms with Gasteiger partial charge in [0.05, 0.1) is 0 Å². The van der Waals surface area contributed by atoms with Crippen molar-refractivity contribution < 1.29 is 0 Å². The molecule has 0 aromatic rings. The lowest BCUT2D eigenvalue weighted by Crippen LogP contribution is -2.08. The first-order valence-electron chi connectivity index (χ1n) is 7.56. The van der Waals surface area contributed by atoms with Crippen molar-refractivity contribution in [3.63, 3.8) is 0 Å². The van der Waals surface area contributed by atoms with Gasteiger partial charge in [0.1, 0.15) is 0 Å². The van der Waals surface area contributed by atoms with E-state index >= 15 is 0 Å². The van der Waals surface area contributed by atoms with Gasteiger partial charge in [-0.3, -0.25) is 0 Å². The molecule has 1 radical (unpaired) electrons. The van der Waals surface area contributed by atoms with Crippen LogP contribution in [0.4, 0.5) is 0 Å². The molecule has 2 aliphatic rings. The third kappa shape index (κ3) is 3.96. The lowest BCUT2D eigenvalue weighted by atomic mass is 9.82. The summed E-state index contributed by atoms with van der Waals surface area (Å²) < 4.78 is 0. The van der Waals surface area contributed by atoms with Crippen molar-refractivity contribution in [2.75, 3.05) is 0 Å². The van der Waals surface area contributed by atoms with E-state index in [9.17, 15) is 0 Å². The van der Waals surface area contributed by atoms with Gasteiger partial charge >= 0.3 is 0 Å². The molecule has 0 amide bonds. The van der Waals surface area contributed by atoms with Gasteiger partial charge in [-0.15, -0.1) is 0 Å². The van der Waals surface area contributed by atoms with Crippen LogP contribution in [0.5, 0.6) is 0 Å². The normalized spacial score (nSPS) is 29.4. The minimum atomic E-state index is 0.915. The number of rotatable bonds is 1. The summed E-state index contributed by atoms with van der Waals surface area (Å²) in [6, 6.07) is 0. The number of allylic oxidation sites excluding steroid dienone is 2. The molecule has 0 heteroatoms. The summed E-state index contributed by atoms with van der Waals surface area (Å²) in [6.45, 7) is 0. The zero-order valence-corrected chi connectivity index (χ0v) is 10.8. The first kappa shape index (κ1) is 12.2. The van der Waals surface area contributed by atoms with Crippen LogP contribution in [0.3, 0.4) is 0 Å². The maximum atomic E-state index is 3.76. The van der Waals surface area contributed by atoms with E-state index in [1.807, 2.05) is 0 Å². The van der Waals surface area contributed by atoms with Gasteiger partial charge in [0.15, 0.2) is 0 Å². The Balaban J connectivity index is 1.90. The Kier molecular flexibility index (Phi) is 5.45. The van der Waals surface area contributed by atoms with E-state index < -0.39 is 0 Å². The number of hydrogen-bond acceptors (Lipinski definition) is 0. The highest BCUT2D eigenvalue weighted by Gasteiger charge is 2.16. The third-order valence-corrected chi connectivity index (χ3v) is 4.32. The van der Waals surface area contributed by atoms with Crippen molar-refractivity contribution in [3.05, 3.63) is 11.6 Å². The van der Waals surface area contributed by atoms with E-state index in [0.29, 0.717) is 0 Å². The zero-order chi connectivity index (χ0) is 11.1. The van der Waals surface area contributed by atoms with Crippen molar-refractivity contribution >= 4 is 0 Å². The van der Waals surface area contributed by atoms with Crippen molar-refractivity contribution in [2.24, 2.45) is 5.92 Å². The lowest BCUT2D eigenvalue weighted by molar-refractivity contribution is 0.404. The Morgan fingerprint density at radius 1 is 0.688 bits per heavy atom. The summed E-state index contributed by atoms with van der Waals surface area (Å²) in [5, 5.41) is 0. The van der Waals surface area contributed by atoms with Gasteiger partial charge in [-0.1, -0.05) is 50.5 Å². The lowest BCUT2D eigenvalue weighted by Gasteiger charge is -2.23. The van der Waals surface area contributed by atoms with Crippen LogP contribution >= 0.6 is 0 Å². The molecular formula is C16H27. The molecule has 0 unspecified atom stereocenters. The Bertz CT molecular complexity index is 206. The van der Waals surface area contributed by atoms with Crippen LogP contribution in [0.1, 0.15) is 83.5 Å². The van der Waals surface area contributed by atoms with Crippen LogP contribution in [-0.4, -0.2) is 0 Å². The summed E-state index contributed by atoms with van der Waals surface area (Å²) in [5.74, 6) is 0.915. The zero-order valence-electron chi connectivity index (χ0n) is 10.8. The van der Waals surface area contributed by atoms with Gasteiger partial charge in [0.2, 0.25) is 0 Å².